The van der Waals surface area contributed by atoms with Gasteiger partial charge in [-0.05, 0) is 59.2 Å². The van der Waals surface area contributed by atoms with Crippen molar-refractivity contribution in [2.75, 3.05) is 5.32 Å². The number of aromatic amines is 1. The third-order valence-electron chi connectivity index (χ3n) is 5.11. The van der Waals surface area contributed by atoms with Gasteiger partial charge < -0.3 is 16.0 Å². The number of carbonyl (C=O) groups excluding carboxylic acids is 1. The zero-order valence-electron chi connectivity index (χ0n) is 16.9. The SMILES string of the molecule is N=C(N)c1ccc2[nH]cc(CC(=O)Nc3ccc(-c4ccc(S(N)(=O)=O)cc4)cc3)c2c1. The Bertz CT molecular complexity index is 1420. The number of rotatable bonds is 6. The highest BCUT2D eigenvalue weighted by molar-refractivity contribution is 7.89. The van der Waals surface area contributed by atoms with Crippen LogP contribution in [0, 0.1) is 5.41 Å². The summed E-state index contributed by atoms with van der Waals surface area (Å²) in [6, 6.07) is 18.9. The molecule has 1 heterocycles. The molecule has 4 aromatic rings. The summed E-state index contributed by atoms with van der Waals surface area (Å²) in [5, 5.41) is 16.5. The van der Waals surface area contributed by atoms with Gasteiger partial charge in [-0.1, -0.05) is 24.3 Å². The lowest BCUT2D eigenvalue weighted by Gasteiger charge is -2.08. The average Bonchev–Trinajstić information content (AvgIpc) is 3.15. The van der Waals surface area contributed by atoms with E-state index in [1.165, 1.54) is 12.1 Å². The van der Waals surface area contributed by atoms with E-state index in [1.54, 1.807) is 42.6 Å². The number of amidine groups is 1. The Morgan fingerprint density at radius 2 is 1.59 bits per heavy atom. The van der Waals surface area contributed by atoms with E-state index in [4.69, 9.17) is 16.3 Å². The minimum absolute atomic E-state index is 0.0251. The van der Waals surface area contributed by atoms with Gasteiger partial charge in [-0.15, -0.1) is 0 Å². The van der Waals surface area contributed by atoms with E-state index in [-0.39, 0.29) is 23.1 Å². The second kappa shape index (κ2) is 8.29. The summed E-state index contributed by atoms with van der Waals surface area (Å²) in [6.07, 6.45) is 1.95. The summed E-state index contributed by atoms with van der Waals surface area (Å²) < 4.78 is 22.8. The number of benzene rings is 3. The van der Waals surface area contributed by atoms with Crippen LogP contribution < -0.4 is 16.2 Å². The standard InChI is InChI=1S/C23H21N5O3S/c24-23(25)16-5-10-21-20(11-16)17(13-27-21)12-22(29)28-18-6-1-14(2-7-18)15-3-8-19(9-4-15)32(26,30)31/h1-11,13,27H,12H2,(H3,24,25)(H,28,29)(H2,26,30,31). The number of hydrogen-bond donors (Lipinski definition) is 5. The van der Waals surface area contributed by atoms with E-state index in [2.05, 4.69) is 10.3 Å². The van der Waals surface area contributed by atoms with Crippen molar-refractivity contribution < 1.29 is 13.2 Å². The molecule has 0 spiro atoms. The predicted octanol–water partition coefficient (Wildman–Crippen LogP) is 2.95. The normalized spacial score (nSPS) is 11.4. The first-order valence-electron chi connectivity index (χ1n) is 9.68. The smallest absolute Gasteiger partial charge is 0.238 e. The lowest BCUT2D eigenvalue weighted by atomic mass is 10.1. The van der Waals surface area contributed by atoms with E-state index in [9.17, 15) is 13.2 Å². The Morgan fingerprint density at radius 1 is 0.969 bits per heavy atom. The number of H-pyrrole nitrogens is 1. The lowest BCUT2D eigenvalue weighted by molar-refractivity contribution is -0.115. The summed E-state index contributed by atoms with van der Waals surface area (Å²) in [5.74, 6) is -0.202. The lowest BCUT2D eigenvalue weighted by Crippen LogP contribution is -2.14. The van der Waals surface area contributed by atoms with E-state index >= 15 is 0 Å². The van der Waals surface area contributed by atoms with Crippen molar-refractivity contribution in [1.82, 2.24) is 4.98 Å². The molecule has 0 aliphatic rings. The molecule has 0 fully saturated rings. The van der Waals surface area contributed by atoms with Crippen LogP contribution in [0.1, 0.15) is 11.1 Å². The maximum Gasteiger partial charge on any atom is 0.238 e. The zero-order chi connectivity index (χ0) is 22.9. The van der Waals surface area contributed by atoms with Crippen molar-refractivity contribution in [2.24, 2.45) is 10.9 Å². The Labute approximate surface area is 184 Å². The number of nitrogens with one attached hydrogen (secondary N) is 3. The van der Waals surface area contributed by atoms with E-state index in [0.29, 0.717) is 11.3 Å². The average molecular weight is 448 g/mol. The van der Waals surface area contributed by atoms with Crippen molar-refractivity contribution >= 4 is 38.4 Å². The summed E-state index contributed by atoms with van der Waals surface area (Å²) in [4.78, 5) is 15.7. The van der Waals surface area contributed by atoms with Crippen molar-refractivity contribution in [1.29, 1.82) is 5.41 Å². The fourth-order valence-corrected chi connectivity index (χ4v) is 3.97. The molecule has 4 rings (SSSR count). The van der Waals surface area contributed by atoms with E-state index in [1.807, 2.05) is 18.2 Å². The summed E-state index contributed by atoms with van der Waals surface area (Å²) in [5.41, 5.74) is 10.2. The topological polar surface area (TPSA) is 155 Å². The minimum atomic E-state index is -3.73. The van der Waals surface area contributed by atoms with Crippen LogP contribution in [0.15, 0.2) is 77.8 Å². The Kier molecular flexibility index (Phi) is 5.52. The largest absolute Gasteiger partial charge is 0.384 e. The van der Waals surface area contributed by atoms with Crippen molar-refractivity contribution in [3.63, 3.8) is 0 Å². The molecule has 9 heteroatoms. The van der Waals surface area contributed by atoms with Gasteiger partial charge in [-0.3, -0.25) is 10.2 Å². The highest BCUT2D eigenvalue weighted by atomic mass is 32.2. The number of nitrogens with two attached hydrogens (primary N) is 2. The van der Waals surface area contributed by atoms with Crippen LogP contribution >= 0.6 is 0 Å². The van der Waals surface area contributed by atoms with Gasteiger partial charge in [0.15, 0.2) is 0 Å². The monoisotopic (exact) mass is 447 g/mol. The molecule has 0 atom stereocenters. The molecule has 0 radical (unpaired) electrons. The quantitative estimate of drug-likeness (QED) is 0.228. The number of amides is 1. The second-order valence-corrected chi connectivity index (χ2v) is 8.92. The molecule has 162 valence electrons. The first-order chi connectivity index (χ1) is 15.2. The molecule has 0 bridgehead atoms. The Balaban J connectivity index is 1.46. The van der Waals surface area contributed by atoms with E-state index in [0.717, 1.165) is 27.6 Å². The molecule has 3 aromatic carbocycles. The molecular weight excluding hydrogens is 426 g/mol. The van der Waals surface area contributed by atoms with Gasteiger partial charge in [0, 0.05) is 28.4 Å². The molecule has 8 nitrogen and oxygen atoms in total. The summed E-state index contributed by atoms with van der Waals surface area (Å²) in [7, 11) is -3.73. The van der Waals surface area contributed by atoms with Gasteiger partial charge in [0.1, 0.15) is 5.84 Å². The highest BCUT2D eigenvalue weighted by Crippen LogP contribution is 2.24. The maximum atomic E-state index is 12.6. The number of anilines is 1. The fraction of sp³-hybridized carbons (Fsp3) is 0.0435. The van der Waals surface area contributed by atoms with Crippen LogP contribution in [0.3, 0.4) is 0 Å². The van der Waals surface area contributed by atoms with Gasteiger partial charge in [0.05, 0.1) is 11.3 Å². The van der Waals surface area contributed by atoms with Gasteiger partial charge in [-0.25, -0.2) is 13.6 Å². The zero-order valence-corrected chi connectivity index (χ0v) is 17.7. The van der Waals surface area contributed by atoms with Crippen LogP contribution in [0.4, 0.5) is 5.69 Å². The number of hydrogen-bond acceptors (Lipinski definition) is 4. The van der Waals surface area contributed by atoms with Crippen molar-refractivity contribution in [3.8, 4) is 11.1 Å². The van der Waals surface area contributed by atoms with Crippen molar-refractivity contribution in [3.05, 3.63) is 84.1 Å². The Hall–Kier alpha value is -3.95. The molecule has 0 aliphatic carbocycles. The van der Waals surface area contributed by atoms with Crippen LogP contribution in [-0.4, -0.2) is 25.1 Å². The van der Waals surface area contributed by atoms with Crippen LogP contribution in [0.2, 0.25) is 0 Å². The highest BCUT2D eigenvalue weighted by Gasteiger charge is 2.11. The van der Waals surface area contributed by atoms with Crippen LogP contribution in [0.5, 0.6) is 0 Å². The summed E-state index contributed by atoms with van der Waals surface area (Å²) in [6.45, 7) is 0. The van der Waals surface area contributed by atoms with Crippen LogP contribution in [-0.2, 0) is 21.2 Å². The molecule has 0 unspecified atom stereocenters. The number of carbonyl (C=O) groups is 1. The number of primary sulfonamides is 1. The first-order valence-corrected chi connectivity index (χ1v) is 11.2. The maximum absolute atomic E-state index is 12.6. The third kappa shape index (κ3) is 4.53. The molecular formula is C23H21N5O3S. The minimum Gasteiger partial charge on any atom is -0.384 e. The molecule has 32 heavy (non-hydrogen) atoms. The molecule has 0 saturated heterocycles. The second-order valence-electron chi connectivity index (χ2n) is 7.36. The molecule has 0 aliphatic heterocycles. The number of fused-ring (bicyclic) bond motifs is 1. The molecule has 1 aromatic heterocycles. The molecule has 0 saturated carbocycles. The van der Waals surface area contributed by atoms with Crippen LogP contribution in [0.25, 0.3) is 22.0 Å². The van der Waals surface area contributed by atoms with Gasteiger partial charge >= 0.3 is 0 Å². The number of aromatic nitrogens is 1. The van der Waals surface area contributed by atoms with Gasteiger partial charge in [-0.2, -0.15) is 0 Å². The van der Waals surface area contributed by atoms with Gasteiger partial charge in [0.25, 0.3) is 0 Å². The van der Waals surface area contributed by atoms with Crippen molar-refractivity contribution in [2.45, 2.75) is 11.3 Å². The summed E-state index contributed by atoms with van der Waals surface area (Å²) >= 11 is 0. The Morgan fingerprint density at radius 3 is 2.19 bits per heavy atom. The number of nitrogen functional groups attached to an aromatic ring is 1. The molecule has 7 N–H and O–H groups in total. The molecule has 1 amide bonds. The first kappa shape index (κ1) is 21.3. The van der Waals surface area contributed by atoms with Gasteiger partial charge in [0.2, 0.25) is 15.9 Å². The third-order valence-corrected chi connectivity index (χ3v) is 6.04. The number of sulfonamides is 1. The fourth-order valence-electron chi connectivity index (χ4n) is 3.45. The predicted molar refractivity (Wildman–Crippen MR) is 125 cm³/mol. The van der Waals surface area contributed by atoms with E-state index < -0.39 is 10.0 Å².